The number of benzene rings is 2. The van der Waals surface area contributed by atoms with E-state index < -0.39 is 14.4 Å². The fourth-order valence-electron chi connectivity index (χ4n) is 4.82. The molecule has 0 bridgehead atoms. The molecular formula is C28H44O4Si. The lowest BCUT2D eigenvalue weighted by molar-refractivity contribution is -0.00126. The first-order valence-electron chi connectivity index (χ1n) is 12.3. The van der Waals surface area contributed by atoms with Crippen LogP contribution >= 0.6 is 0 Å². The van der Waals surface area contributed by atoms with E-state index in [0.29, 0.717) is 6.42 Å². The highest BCUT2D eigenvalue weighted by Crippen LogP contribution is 2.38. The monoisotopic (exact) mass is 472 g/mol. The summed E-state index contributed by atoms with van der Waals surface area (Å²) in [5.41, 5.74) is 0. The molecule has 0 amide bonds. The molecule has 0 heterocycles. The van der Waals surface area contributed by atoms with Gasteiger partial charge < -0.3 is 19.4 Å². The van der Waals surface area contributed by atoms with E-state index in [1.165, 1.54) is 10.4 Å². The Morgan fingerprint density at radius 2 is 1.39 bits per heavy atom. The Morgan fingerprint density at radius 3 is 1.79 bits per heavy atom. The summed E-state index contributed by atoms with van der Waals surface area (Å²) in [7, 11) is -0.912. The average molecular weight is 473 g/mol. The third-order valence-electron chi connectivity index (χ3n) is 6.71. The van der Waals surface area contributed by atoms with E-state index in [0.717, 1.165) is 19.3 Å². The lowest BCUT2D eigenvalue weighted by Crippen LogP contribution is -2.67. The highest BCUT2D eigenvalue weighted by atomic mass is 28.4. The summed E-state index contributed by atoms with van der Waals surface area (Å²) >= 11 is 0. The molecule has 0 saturated heterocycles. The van der Waals surface area contributed by atoms with E-state index >= 15 is 0 Å². The second kappa shape index (κ2) is 12.8. The minimum Gasteiger partial charge on any atom is -0.404 e. The number of hydrogen-bond acceptors (Lipinski definition) is 4. The summed E-state index contributed by atoms with van der Waals surface area (Å²) in [4.78, 5) is 0. The Kier molecular flexibility index (Phi) is 10.8. The van der Waals surface area contributed by atoms with Crippen LogP contribution in [0, 0.1) is 5.92 Å². The summed E-state index contributed by atoms with van der Waals surface area (Å²) in [5.74, 6) is -0.0462. The zero-order valence-electron chi connectivity index (χ0n) is 21.3. The summed E-state index contributed by atoms with van der Waals surface area (Å²) in [6, 6.07) is 21.5. The maximum Gasteiger partial charge on any atom is 0.261 e. The van der Waals surface area contributed by atoms with Gasteiger partial charge >= 0.3 is 0 Å². The van der Waals surface area contributed by atoms with Crippen molar-refractivity contribution in [2.24, 2.45) is 5.92 Å². The average Bonchev–Trinajstić information content (AvgIpc) is 2.81. The minimum absolute atomic E-state index is 0.0322. The van der Waals surface area contributed by atoms with Crippen LogP contribution in [0.4, 0.5) is 0 Å². The number of rotatable bonds is 13. The van der Waals surface area contributed by atoms with Gasteiger partial charge in [-0.2, -0.15) is 0 Å². The van der Waals surface area contributed by atoms with Crippen LogP contribution in [-0.4, -0.2) is 50.6 Å². The Morgan fingerprint density at radius 1 is 0.879 bits per heavy atom. The topological polar surface area (TPSA) is 58.9 Å². The zero-order valence-corrected chi connectivity index (χ0v) is 22.3. The summed E-state index contributed by atoms with van der Waals surface area (Å²) in [5, 5.41) is 21.9. The molecule has 0 unspecified atom stereocenters. The number of aliphatic hydroxyl groups excluding tert-OH is 2. The van der Waals surface area contributed by atoms with Crippen LogP contribution in [-0.2, 0) is 9.16 Å². The maximum atomic E-state index is 10.1. The van der Waals surface area contributed by atoms with Crippen LogP contribution in [0.15, 0.2) is 60.7 Å². The van der Waals surface area contributed by atoms with Crippen molar-refractivity contribution in [2.45, 2.75) is 83.7 Å². The third kappa shape index (κ3) is 7.00. The fraction of sp³-hybridized carbons (Fsp3) is 0.571. The van der Waals surface area contributed by atoms with Crippen LogP contribution in [0.1, 0.15) is 60.3 Å². The van der Waals surface area contributed by atoms with E-state index in [1.807, 2.05) is 6.92 Å². The van der Waals surface area contributed by atoms with Gasteiger partial charge in [-0.25, -0.2) is 0 Å². The first-order valence-corrected chi connectivity index (χ1v) is 14.2. The van der Waals surface area contributed by atoms with Crippen LogP contribution in [0.3, 0.4) is 0 Å². The Labute approximate surface area is 202 Å². The molecule has 33 heavy (non-hydrogen) atoms. The molecule has 4 nitrogen and oxygen atoms in total. The Balaban J connectivity index is 2.47. The largest absolute Gasteiger partial charge is 0.404 e. The maximum absolute atomic E-state index is 10.1. The smallest absolute Gasteiger partial charge is 0.261 e. The minimum atomic E-state index is -2.64. The first kappa shape index (κ1) is 27.7. The van der Waals surface area contributed by atoms with Gasteiger partial charge in [-0.3, -0.25) is 0 Å². The predicted octanol–water partition coefficient (Wildman–Crippen LogP) is 4.52. The molecule has 0 aliphatic rings. The van der Waals surface area contributed by atoms with E-state index in [1.54, 1.807) is 7.11 Å². The highest BCUT2D eigenvalue weighted by Gasteiger charge is 2.51. The molecule has 0 radical (unpaired) electrons. The van der Waals surface area contributed by atoms with Crippen molar-refractivity contribution in [3.8, 4) is 0 Å². The number of methoxy groups -OCH3 is 1. The molecular weight excluding hydrogens is 428 g/mol. The molecule has 2 aromatic carbocycles. The lowest BCUT2D eigenvalue weighted by Gasteiger charge is -2.45. The first-order chi connectivity index (χ1) is 15.7. The second-order valence-electron chi connectivity index (χ2n) is 10.2. The molecule has 2 N–H and O–H groups in total. The predicted molar refractivity (Wildman–Crippen MR) is 140 cm³/mol. The highest BCUT2D eigenvalue weighted by molar-refractivity contribution is 6.99. The molecule has 0 fully saturated rings. The van der Waals surface area contributed by atoms with Crippen LogP contribution < -0.4 is 10.4 Å². The lowest BCUT2D eigenvalue weighted by atomic mass is 9.94. The van der Waals surface area contributed by atoms with E-state index in [-0.39, 0.29) is 29.8 Å². The van der Waals surface area contributed by atoms with Crippen molar-refractivity contribution < 1.29 is 19.4 Å². The standard InChI is InChI=1S/C28H44O4Si/c1-7-14-23(20-24(31-6)19-22(2)27(30)21-29)32-33(28(3,4)5,25-15-10-8-11-16-25)26-17-12-9-13-18-26/h8-13,15-18,22-24,27,29-30H,7,14,19-21H2,1-6H3/t22-,23-,24-,27+/m0/s1. The summed E-state index contributed by atoms with van der Waals surface area (Å²) in [6.45, 7) is 10.8. The van der Waals surface area contributed by atoms with Crippen LogP contribution in [0.2, 0.25) is 5.04 Å². The van der Waals surface area contributed by atoms with Gasteiger partial charge in [-0.1, -0.05) is 102 Å². The molecule has 0 aromatic heterocycles. The molecule has 0 aliphatic heterocycles. The molecule has 0 spiro atoms. The number of hydrogen-bond donors (Lipinski definition) is 2. The molecule has 5 heteroatoms. The van der Waals surface area contributed by atoms with E-state index in [2.05, 4.69) is 88.4 Å². The molecule has 0 saturated carbocycles. The van der Waals surface area contributed by atoms with Gasteiger partial charge in [-0.15, -0.1) is 0 Å². The summed E-state index contributed by atoms with van der Waals surface area (Å²) < 4.78 is 13.2. The fourth-order valence-corrected chi connectivity index (χ4v) is 9.55. The normalized spacial score (nSPS) is 16.2. The van der Waals surface area contributed by atoms with Gasteiger partial charge in [0.15, 0.2) is 0 Å². The van der Waals surface area contributed by atoms with E-state index in [4.69, 9.17) is 9.16 Å². The number of aliphatic hydroxyl groups is 2. The van der Waals surface area contributed by atoms with E-state index in [9.17, 15) is 10.2 Å². The molecule has 0 aliphatic carbocycles. The third-order valence-corrected chi connectivity index (χ3v) is 11.8. The SMILES string of the molecule is CCC[C@@H](C[C@H](C[C@H](C)[C@H](O)CO)OC)O[Si](c1ccccc1)(c1ccccc1)C(C)(C)C. The van der Waals surface area contributed by atoms with Crippen LogP contribution in [0.5, 0.6) is 0 Å². The van der Waals surface area contributed by atoms with Gasteiger partial charge in [0.25, 0.3) is 8.32 Å². The zero-order chi connectivity index (χ0) is 24.5. The quantitative estimate of drug-likeness (QED) is 0.421. The molecule has 184 valence electrons. The van der Waals surface area contributed by atoms with Gasteiger partial charge in [0.2, 0.25) is 0 Å². The van der Waals surface area contributed by atoms with Gasteiger partial charge in [0.1, 0.15) is 0 Å². The van der Waals surface area contributed by atoms with Crippen molar-refractivity contribution in [2.75, 3.05) is 13.7 Å². The van der Waals surface area contributed by atoms with Crippen molar-refractivity contribution in [3.63, 3.8) is 0 Å². The van der Waals surface area contributed by atoms with Crippen molar-refractivity contribution >= 4 is 18.7 Å². The van der Waals surface area contributed by atoms with Gasteiger partial charge in [-0.05, 0) is 40.6 Å². The second-order valence-corrected chi connectivity index (χ2v) is 14.5. The number of ether oxygens (including phenoxy) is 1. The van der Waals surface area contributed by atoms with Gasteiger partial charge in [0, 0.05) is 13.2 Å². The molecule has 4 atom stereocenters. The Bertz CT molecular complexity index is 751. The molecule has 2 aromatic rings. The van der Waals surface area contributed by atoms with Crippen LogP contribution in [0.25, 0.3) is 0 Å². The summed E-state index contributed by atoms with van der Waals surface area (Å²) in [6.07, 6.45) is 2.67. The van der Waals surface area contributed by atoms with Gasteiger partial charge in [0.05, 0.1) is 18.8 Å². The van der Waals surface area contributed by atoms with Crippen molar-refractivity contribution in [1.29, 1.82) is 0 Å². The van der Waals surface area contributed by atoms with Crippen molar-refractivity contribution in [3.05, 3.63) is 60.7 Å². The molecule has 2 rings (SSSR count). The van der Waals surface area contributed by atoms with Crippen molar-refractivity contribution in [1.82, 2.24) is 0 Å². The Hall–Kier alpha value is -1.50.